The van der Waals surface area contributed by atoms with Gasteiger partial charge in [0, 0.05) is 25.7 Å². The molecule has 2 saturated heterocycles. The van der Waals surface area contributed by atoms with Crippen molar-refractivity contribution >= 4 is 10.2 Å². The average molecular weight is 290 g/mol. The molecule has 2 aliphatic rings. The third-order valence-electron chi connectivity index (χ3n) is 4.40. The van der Waals surface area contributed by atoms with E-state index in [-0.39, 0.29) is 12.6 Å². The minimum Gasteiger partial charge on any atom is -0.395 e. The van der Waals surface area contributed by atoms with Gasteiger partial charge in [-0.1, -0.05) is 19.8 Å². The van der Waals surface area contributed by atoms with Crippen LogP contribution in [0.1, 0.15) is 45.4 Å². The van der Waals surface area contributed by atoms with E-state index >= 15 is 0 Å². The maximum Gasteiger partial charge on any atom is 0.282 e. The highest BCUT2D eigenvalue weighted by Crippen LogP contribution is 2.25. The van der Waals surface area contributed by atoms with Crippen LogP contribution >= 0.6 is 0 Å². The van der Waals surface area contributed by atoms with Crippen LogP contribution in [0, 0.1) is 5.92 Å². The summed E-state index contributed by atoms with van der Waals surface area (Å²) in [5.41, 5.74) is 0. The fraction of sp³-hybridized carbons (Fsp3) is 1.00. The van der Waals surface area contributed by atoms with E-state index in [1.807, 2.05) is 0 Å². The van der Waals surface area contributed by atoms with Crippen molar-refractivity contribution in [2.24, 2.45) is 5.92 Å². The van der Waals surface area contributed by atoms with Crippen LogP contribution < -0.4 is 0 Å². The monoisotopic (exact) mass is 290 g/mol. The molecule has 5 nitrogen and oxygen atoms in total. The van der Waals surface area contributed by atoms with Gasteiger partial charge in [-0.3, -0.25) is 0 Å². The smallest absolute Gasteiger partial charge is 0.282 e. The zero-order valence-corrected chi connectivity index (χ0v) is 12.6. The molecule has 0 aliphatic carbocycles. The molecule has 0 aromatic rings. The summed E-state index contributed by atoms with van der Waals surface area (Å²) in [5.74, 6) is 0.615. The fourth-order valence-corrected chi connectivity index (χ4v) is 4.88. The van der Waals surface area contributed by atoms with Gasteiger partial charge in [0.15, 0.2) is 0 Å². The molecular weight excluding hydrogens is 264 g/mol. The Balaban J connectivity index is 2.12. The zero-order chi connectivity index (χ0) is 13.9. The molecule has 1 unspecified atom stereocenters. The van der Waals surface area contributed by atoms with Crippen molar-refractivity contribution in [3.05, 3.63) is 0 Å². The van der Waals surface area contributed by atoms with Crippen LogP contribution in [-0.4, -0.2) is 54.4 Å². The highest BCUT2D eigenvalue weighted by molar-refractivity contribution is 7.86. The standard InChI is InChI=1S/C13H26N2O3S/c1-12-6-9-14(10-7-12)19(17,18)15-8-4-2-3-5-13(15)11-16/h12-13,16H,2-11H2,1H3. The molecule has 112 valence electrons. The maximum absolute atomic E-state index is 12.7. The van der Waals surface area contributed by atoms with Crippen LogP contribution in [0.4, 0.5) is 0 Å². The molecule has 0 radical (unpaired) electrons. The molecule has 2 aliphatic heterocycles. The van der Waals surface area contributed by atoms with Crippen LogP contribution in [0.15, 0.2) is 0 Å². The van der Waals surface area contributed by atoms with Crippen LogP contribution in [0.2, 0.25) is 0 Å². The van der Waals surface area contributed by atoms with Gasteiger partial charge < -0.3 is 5.11 Å². The highest BCUT2D eigenvalue weighted by atomic mass is 32.2. The normalized spacial score (nSPS) is 29.3. The minimum absolute atomic E-state index is 0.0660. The lowest BCUT2D eigenvalue weighted by Crippen LogP contribution is -2.51. The summed E-state index contributed by atoms with van der Waals surface area (Å²) in [7, 11) is -3.39. The Kier molecular flexibility index (Phi) is 5.22. The Morgan fingerprint density at radius 1 is 1.05 bits per heavy atom. The molecule has 0 saturated carbocycles. The summed E-state index contributed by atoms with van der Waals surface area (Å²) in [6.45, 7) is 3.91. The number of aliphatic hydroxyl groups is 1. The summed E-state index contributed by atoms with van der Waals surface area (Å²) in [6, 6.07) is -0.230. The largest absolute Gasteiger partial charge is 0.395 e. The second kappa shape index (κ2) is 6.52. The molecule has 6 heteroatoms. The van der Waals surface area contributed by atoms with Crippen molar-refractivity contribution in [2.45, 2.75) is 51.5 Å². The first kappa shape index (κ1) is 15.2. The average Bonchev–Trinajstić information content (AvgIpc) is 2.64. The topological polar surface area (TPSA) is 60.9 Å². The summed E-state index contributed by atoms with van der Waals surface area (Å²) in [5, 5.41) is 9.47. The molecule has 0 amide bonds. The number of aliphatic hydroxyl groups excluding tert-OH is 1. The Morgan fingerprint density at radius 2 is 1.74 bits per heavy atom. The summed E-state index contributed by atoms with van der Waals surface area (Å²) >= 11 is 0. The minimum atomic E-state index is -3.39. The summed E-state index contributed by atoms with van der Waals surface area (Å²) in [4.78, 5) is 0. The van der Waals surface area contributed by atoms with Gasteiger partial charge in [-0.2, -0.15) is 17.0 Å². The van der Waals surface area contributed by atoms with Crippen LogP contribution in [0.5, 0.6) is 0 Å². The van der Waals surface area contributed by atoms with Gasteiger partial charge in [0.25, 0.3) is 10.2 Å². The molecular formula is C13H26N2O3S. The van der Waals surface area contributed by atoms with Crippen LogP contribution in [0.3, 0.4) is 0 Å². The van der Waals surface area contributed by atoms with Gasteiger partial charge in [0.05, 0.1) is 6.61 Å². The lowest BCUT2D eigenvalue weighted by molar-refractivity contribution is 0.173. The van der Waals surface area contributed by atoms with E-state index in [4.69, 9.17) is 0 Å². The van der Waals surface area contributed by atoms with Crippen molar-refractivity contribution < 1.29 is 13.5 Å². The number of rotatable bonds is 3. The predicted octanol–water partition coefficient (Wildman–Crippen LogP) is 1.20. The van der Waals surface area contributed by atoms with Gasteiger partial charge in [-0.25, -0.2) is 0 Å². The first-order valence-corrected chi connectivity index (χ1v) is 8.83. The Bertz CT molecular complexity index is 377. The Labute approximate surface area is 116 Å². The van der Waals surface area contributed by atoms with Gasteiger partial charge in [-0.15, -0.1) is 0 Å². The number of piperidine rings is 1. The molecule has 0 spiro atoms. The van der Waals surface area contributed by atoms with E-state index in [0.29, 0.717) is 25.6 Å². The van der Waals surface area contributed by atoms with Gasteiger partial charge in [-0.05, 0) is 31.6 Å². The number of hydrogen-bond donors (Lipinski definition) is 1. The van der Waals surface area contributed by atoms with Crippen molar-refractivity contribution in [3.63, 3.8) is 0 Å². The SMILES string of the molecule is CC1CCN(S(=O)(=O)N2CCCCCC2CO)CC1. The van der Waals surface area contributed by atoms with Gasteiger partial charge in [0.1, 0.15) is 0 Å². The van der Waals surface area contributed by atoms with Crippen molar-refractivity contribution in [3.8, 4) is 0 Å². The van der Waals surface area contributed by atoms with Crippen molar-refractivity contribution in [1.82, 2.24) is 8.61 Å². The summed E-state index contributed by atoms with van der Waals surface area (Å²) in [6.07, 6.45) is 5.63. The molecule has 0 aromatic carbocycles. The van der Waals surface area contributed by atoms with E-state index in [1.54, 1.807) is 8.61 Å². The second-order valence-corrected chi connectivity index (χ2v) is 7.77. The van der Waals surface area contributed by atoms with Crippen LogP contribution in [-0.2, 0) is 10.2 Å². The second-order valence-electron chi connectivity index (χ2n) is 5.89. The van der Waals surface area contributed by atoms with E-state index in [1.165, 1.54) is 0 Å². The summed E-state index contributed by atoms with van der Waals surface area (Å²) < 4.78 is 28.6. The molecule has 2 fully saturated rings. The van der Waals surface area contributed by atoms with Crippen LogP contribution in [0.25, 0.3) is 0 Å². The first-order chi connectivity index (χ1) is 9.05. The highest BCUT2D eigenvalue weighted by Gasteiger charge is 2.36. The third-order valence-corrected chi connectivity index (χ3v) is 6.49. The maximum atomic E-state index is 12.7. The molecule has 2 heterocycles. The number of nitrogens with zero attached hydrogens (tertiary/aromatic N) is 2. The van der Waals surface area contributed by atoms with Gasteiger partial charge >= 0.3 is 0 Å². The first-order valence-electron chi connectivity index (χ1n) is 7.43. The van der Waals surface area contributed by atoms with Crippen molar-refractivity contribution in [1.29, 1.82) is 0 Å². The lowest BCUT2D eigenvalue weighted by atomic mass is 10.0. The Morgan fingerprint density at radius 3 is 2.37 bits per heavy atom. The molecule has 0 aromatic heterocycles. The van der Waals surface area contributed by atoms with E-state index < -0.39 is 10.2 Å². The molecule has 19 heavy (non-hydrogen) atoms. The molecule has 1 N–H and O–H groups in total. The number of hydrogen-bond acceptors (Lipinski definition) is 3. The Hall–Kier alpha value is -0.170. The quantitative estimate of drug-likeness (QED) is 0.849. The zero-order valence-electron chi connectivity index (χ0n) is 11.8. The molecule has 1 atom stereocenters. The van der Waals surface area contributed by atoms with E-state index in [2.05, 4.69) is 6.92 Å². The third kappa shape index (κ3) is 3.48. The lowest BCUT2D eigenvalue weighted by Gasteiger charge is -2.36. The fourth-order valence-electron chi connectivity index (χ4n) is 3.00. The van der Waals surface area contributed by atoms with Gasteiger partial charge in [0.2, 0.25) is 0 Å². The van der Waals surface area contributed by atoms with E-state index in [0.717, 1.165) is 38.5 Å². The predicted molar refractivity (Wildman–Crippen MR) is 74.9 cm³/mol. The molecule has 2 rings (SSSR count). The van der Waals surface area contributed by atoms with E-state index in [9.17, 15) is 13.5 Å². The van der Waals surface area contributed by atoms with Crippen molar-refractivity contribution in [2.75, 3.05) is 26.2 Å². The molecule has 0 bridgehead atoms.